The van der Waals surface area contributed by atoms with Crippen molar-refractivity contribution in [2.75, 3.05) is 6.54 Å². The fraction of sp³-hybridized carbons (Fsp3) is 0.375. The summed E-state index contributed by atoms with van der Waals surface area (Å²) in [6, 6.07) is 13.1. The lowest BCUT2D eigenvalue weighted by Gasteiger charge is -2.15. The maximum atomic E-state index is 6.07. The van der Waals surface area contributed by atoms with Gasteiger partial charge in [0.15, 0.2) is 0 Å². The van der Waals surface area contributed by atoms with Crippen LogP contribution in [0.3, 0.4) is 0 Å². The maximum Gasteiger partial charge on any atom is 0.0443 e. The van der Waals surface area contributed by atoms with Gasteiger partial charge in [-0.15, -0.1) is 11.3 Å². The summed E-state index contributed by atoms with van der Waals surface area (Å²) in [7, 11) is 0. The Morgan fingerprint density at radius 2 is 2.16 bits per heavy atom. The van der Waals surface area contributed by atoms with Crippen LogP contribution >= 0.6 is 22.9 Å². The van der Waals surface area contributed by atoms with Gasteiger partial charge in [0.05, 0.1) is 0 Å². The van der Waals surface area contributed by atoms with E-state index in [1.165, 1.54) is 28.2 Å². The molecule has 3 heteroatoms. The van der Waals surface area contributed by atoms with Gasteiger partial charge in [0.25, 0.3) is 0 Å². The summed E-state index contributed by atoms with van der Waals surface area (Å²) in [6.07, 6.45) is 2.73. The predicted molar refractivity (Wildman–Crippen MR) is 83.9 cm³/mol. The van der Waals surface area contributed by atoms with Crippen LogP contribution < -0.4 is 5.32 Å². The second-order valence-electron chi connectivity index (χ2n) is 5.09. The number of benzene rings is 1. The van der Waals surface area contributed by atoms with E-state index in [1.54, 1.807) is 0 Å². The van der Waals surface area contributed by atoms with Crippen molar-refractivity contribution in [2.45, 2.75) is 25.8 Å². The quantitative estimate of drug-likeness (QED) is 0.805. The van der Waals surface area contributed by atoms with Crippen LogP contribution in [0.1, 0.15) is 30.7 Å². The molecule has 19 heavy (non-hydrogen) atoms. The Morgan fingerprint density at radius 1 is 1.32 bits per heavy atom. The van der Waals surface area contributed by atoms with Crippen molar-refractivity contribution in [2.24, 2.45) is 5.92 Å². The van der Waals surface area contributed by atoms with Gasteiger partial charge in [0, 0.05) is 20.8 Å². The largest absolute Gasteiger partial charge is 0.309 e. The van der Waals surface area contributed by atoms with E-state index in [9.17, 15) is 0 Å². The second kappa shape index (κ2) is 5.66. The third-order valence-electron chi connectivity index (χ3n) is 3.56. The highest BCUT2D eigenvalue weighted by molar-refractivity contribution is 7.15. The molecule has 1 aromatic carbocycles. The topological polar surface area (TPSA) is 12.0 Å². The molecule has 1 heterocycles. The Labute approximate surface area is 123 Å². The van der Waals surface area contributed by atoms with Gasteiger partial charge < -0.3 is 5.32 Å². The van der Waals surface area contributed by atoms with Gasteiger partial charge in [-0.1, -0.05) is 30.7 Å². The third-order valence-corrected chi connectivity index (χ3v) is 5.01. The van der Waals surface area contributed by atoms with E-state index in [-0.39, 0.29) is 0 Å². The first-order chi connectivity index (χ1) is 9.28. The van der Waals surface area contributed by atoms with E-state index in [2.05, 4.69) is 30.4 Å². The molecule has 0 spiro atoms. The van der Waals surface area contributed by atoms with Crippen LogP contribution in [-0.2, 0) is 0 Å². The highest BCUT2D eigenvalue weighted by Crippen LogP contribution is 2.44. The molecule has 0 amide bonds. The summed E-state index contributed by atoms with van der Waals surface area (Å²) in [5.74, 6) is 0.839. The van der Waals surface area contributed by atoms with Crippen LogP contribution in [0.2, 0.25) is 5.02 Å². The highest BCUT2D eigenvalue weighted by Gasteiger charge is 2.32. The zero-order valence-corrected chi connectivity index (χ0v) is 12.6. The summed E-state index contributed by atoms with van der Waals surface area (Å²) >= 11 is 7.96. The molecule has 2 aromatic rings. The molecule has 1 saturated carbocycles. The van der Waals surface area contributed by atoms with Gasteiger partial charge in [-0.05, 0) is 55.1 Å². The Hall–Kier alpha value is -0.830. The number of nitrogens with one attached hydrogen (secondary N) is 1. The lowest BCUT2D eigenvalue weighted by atomic mass is 10.1. The Bertz CT molecular complexity index is 559. The molecular weight excluding hydrogens is 274 g/mol. The highest BCUT2D eigenvalue weighted by atomic mass is 35.5. The monoisotopic (exact) mass is 291 g/mol. The van der Waals surface area contributed by atoms with Crippen LogP contribution in [0, 0.1) is 5.92 Å². The van der Waals surface area contributed by atoms with Crippen LogP contribution in [0.4, 0.5) is 0 Å². The molecule has 1 unspecified atom stereocenters. The van der Waals surface area contributed by atoms with Crippen LogP contribution in [-0.4, -0.2) is 6.54 Å². The fourth-order valence-electron chi connectivity index (χ4n) is 2.47. The number of hydrogen-bond donors (Lipinski definition) is 1. The Balaban J connectivity index is 1.85. The lowest BCUT2D eigenvalue weighted by molar-refractivity contribution is 0.504. The van der Waals surface area contributed by atoms with Crippen molar-refractivity contribution in [1.82, 2.24) is 5.32 Å². The average molecular weight is 292 g/mol. The van der Waals surface area contributed by atoms with Crippen molar-refractivity contribution in [1.29, 1.82) is 0 Å². The molecule has 0 saturated heterocycles. The number of rotatable bonds is 5. The lowest BCUT2D eigenvalue weighted by Crippen LogP contribution is -2.21. The van der Waals surface area contributed by atoms with Gasteiger partial charge in [-0.25, -0.2) is 0 Å². The summed E-state index contributed by atoms with van der Waals surface area (Å²) in [5, 5.41) is 4.42. The van der Waals surface area contributed by atoms with Gasteiger partial charge >= 0.3 is 0 Å². The van der Waals surface area contributed by atoms with E-state index >= 15 is 0 Å². The standard InChI is InChI=1S/C16H18ClNS/c1-2-18-16(11-6-7-11)15-9-8-14(19-15)12-4-3-5-13(17)10-12/h3-5,8-11,16,18H,2,6-7H2,1H3. The zero-order valence-electron chi connectivity index (χ0n) is 11.0. The van der Waals surface area contributed by atoms with E-state index in [1.807, 2.05) is 29.5 Å². The minimum absolute atomic E-state index is 0.544. The molecular formula is C16H18ClNS. The van der Waals surface area contributed by atoms with Crippen LogP contribution in [0.5, 0.6) is 0 Å². The van der Waals surface area contributed by atoms with Gasteiger partial charge in [0.2, 0.25) is 0 Å². The molecule has 0 bridgehead atoms. The Morgan fingerprint density at radius 3 is 2.84 bits per heavy atom. The SMILES string of the molecule is CCNC(c1ccc(-c2cccc(Cl)c2)s1)C1CC1. The number of hydrogen-bond acceptors (Lipinski definition) is 2. The number of thiophene rings is 1. The maximum absolute atomic E-state index is 6.07. The molecule has 100 valence electrons. The molecule has 1 aliphatic rings. The van der Waals surface area contributed by atoms with Crippen molar-refractivity contribution in [3.63, 3.8) is 0 Å². The molecule has 1 fully saturated rings. The normalized spacial score (nSPS) is 16.5. The smallest absolute Gasteiger partial charge is 0.0443 e. The summed E-state index contributed by atoms with van der Waals surface area (Å²) in [5.41, 5.74) is 1.22. The average Bonchev–Trinajstić information content (AvgIpc) is 3.13. The molecule has 0 radical (unpaired) electrons. The number of halogens is 1. The molecule has 1 aliphatic carbocycles. The third kappa shape index (κ3) is 3.02. The summed E-state index contributed by atoms with van der Waals surface area (Å²) in [6.45, 7) is 3.21. The first-order valence-corrected chi connectivity index (χ1v) is 8.06. The summed E-state index contributed by atoms with van der Waals surface area (Å²) < 4.78 is 0. The predicted octanol–water partition coefficient (Wildman–Crippen LogP) is 5.13. The fourth-order valence-corrected chi connectivity index (χ4v) is 3.83. The van der Waals surface area contributed by atoms with Crippen LogP contribution in [0.25, 0.3) is 10.4 Å². The second-order valence-corrected chi connectivity index (χ2v) is 6.64. The molecule has 0 aliphatic heterocycles. The molecule has 1 aromatic heterocycles. The first-order valence-electron chi connectivity index (χ1n) is 6.87. The molecule has 1 N–H and O–H groups in total. The van der Waals surface area contributed by atoms with E-state index < -0.39 is 0 Å². The molecule has 3 rings (SSSR count). The van der Waals surface area contributed by atoms with Crippen LogP contribution in [0.15, 0.2) is 36.4 Å². The Kier molecular flexibility index (Phi) is 3.92. The molecule has 1 nitrogen and oxygen atoms in total. The molecule has 1 atom stereocenters. The minimum Gasteiger partial charge on any atom is -0.309 e. The van der Waals surface area contributed by atoms with Crippen molar-refractivity contribution in [3.8, 4) is 10.4 Å². The van der Waals surface area contributed by atoms with E-state index in [4.69, 9.17) is 11.6 Å². The van der Waals surface area contributed by atoms with Crippen molar-refractivity contribution >= 4 is 22.9 Å². The van der Waals surface area contributed by atoms with Gasteiger partial charge in [-0.3, -0.25) is 0 Å². The van der Waals surface area contributed by atoms with E-state index in [0.717, 1.165) is 17.5 Å². The van der Waals surface area contributed by atoms with Gasteiger partial charge in [-0.2, -0.15) is 0 Å². The van der Waals surface area contributed by atoms with Gasteiger partial charge in [0.1, 0.15) is 0 Å². The minimum atomic E-state index is 0.544. The van der Waals surface area contributed by atoms with Crippen molar-refractivity contribution < 1.29 is 0 Å². The van der Waals surface area contributed by atoms with Crippen molar-refractivity contribution in [3.05, 3.63) is 46.3 Å². The van der Waals surface area contributed by atoms with E-state index in [0.29, 0.717) is 6.04 Å². The summed E-state index contributed by atoms with van der Waals surface area (Å²) in [4.78, 5) is 2.76. The zero-order chi connectivity index (χ0) is 13.2. The first kappa shape index (κ1) is 13.2.